The van der Waals surface area contributed by atoms with Gasteiger partial charge >= 0.3 is 17.9 Å². The summed E-state index contributed by atoms with van der Waals surface area (Å²) in [5, 5.41) is 0. The SMILES string of the molecule is CC/C=C\C/C=C\C/C=C\CCCCCCCC(=O)OC(COC(=O)CCCCCCCCCCC)COC(=O)CCCCCCCCCCC/C=C\C/C=C\CCCCC. The highest BCUT2D eigenvalue weighted by atomic mass is 16.6. The summed E-state index contributed by atoms with van der Waals surface area (Å²) in [4.78, 5) is 37.9. The van der Waals surface area contributed by atoms with E-state index in [0.29, 0.717) is 19.3 Å². The molecular weight excluding hydrogens is 757 g/mol. The summed E-state index contributed by atoms with van der Waals surface area (Å²) < 4.78 is 16.8. The zero-order valence-corrected chi connectivity index (χ0v) is 40.2. The number of unbranched alkanes of at least 4 members (excludes halogenated alkanes) is 25. The molecule has 0 aromatic carbocycles. The average molecular weight is 853 g/mol. The van der Waals surface area contributed by atoms with Crippen LogP contribution in [0.4, 0.5) is 0 Å². The highest BCUT2D eigenvalue weighted by Gasteiger charge is 2.19. The molecule has 0 heterocycles. The van der Waals surface area contributed by atoms with E-state index >= 15 is 0 Å². The van der Waals surface area contributed by atoms with Crippen LogP contribution in [-0.4, -0.2) is 37.2 Å². The Labute approximate surface area is 377 Å². The molecule has 0 saturated heterocycles. The first-order valence-electron chi connectivity index (χ1n) is 25.8. The first-order valence-corrected chi connectivity index (χ1v) is 25.8. The summed E-state index contributed by atoms with van der Waals surface area (Å²) in [6.45, 7) is 6.47. The summed E-state index contributed by atoms with van der Waals surface area (Å²) in [5.74, 6) is -0.902. The van der Waals surface area contributed by atoms with E-state index in [-0.39, 0.29) is 31.1 Å². The van der Waals surface area contributed by atoms with Crippen LogP contribution in [0.2, 0.25) is 0 Å². The van der Waals surface area contributed by atoms with E-state index in [0.717, 1.165) is 103 Å². The lowest BCUT2D eigenvalue weighted by molar-refractivity contribution is -0.167. The van der Waals surface area contributed by atoms with Gasteiger partial charge in [-0.05, 0) is 83.5 Å². The fraction of sp³-hybridized carbons (Fsp3) is 0.764. The van der Waals surface area contributed by atoms with Crippen LogP contribution in [0.25, 0.3) is 0 Å². The maximum Gasteiger partial charge on any atom is 0.306 e. The van der Waals surface area contributed by atoms with Crippen molar-refractivity contribution in [3.8, 4) is 0 Å². The molecule has 0 amide bonds. The van der Waals surface area contributed by atoms with E-state index in [1.807, 2.05) is 0 Å². The van der Waals surface area contributed by atoms with Crippen LogP contribution < -0.4 is 0 Å². The van der Waals surface area contributed by atoms with Crippen molar-refractivity contribution in [2.75, 3.05) is 13.2 Å². The van der Waals surface area contributed by atoms with Crippen LogP contribution in [0.1, 0.15) is 252 Å². The van der Waals surface area contributed by atoms with Gasteiger partial charge in [0.05, 0.1) is 0 Å². The predicted molar refractivity (Wildman–Crippen MR) is 261 cm³/mol. The van der Waals surface area contributed by atoms with Crippen LogP contribution in [0, 0.1) is 0 Å². The van der Waals surface area contributed by atoms with E-state index in [1.165, 1.54) is 109 Å². The van der Waals surface area contributed by atoms with Gasteiger partial charge in [0, 0.05) is 19.3 Å². The summed E-state index contributed by atoms with van der Waals surface area (Å²) in [6, 6.07) is 0. The van der Waals surface area contributed by atoms with Gasteiger partial charge in [-0.1, -0.05) is 210 Å². The fourth-order valence-electron chi connectivity index (χ4n) is 7.13. The van der Waals surface area contributed by atoms with E-state index in [4.69, 9.17) is 14.2 Å². The highest BCUT2D eigenvalue weighted by Crippen LogP contribution is 2.15. The molecule has 0 aliphatic rings. The lowest BCUT2D eigenvalue weighted by Crippen LogP contribution is -2.30. The van der Waals surface area contributed by atoms with Crippen molar-refractivity contribution in [3.05, 3.63) is 60.8 Å². The van der Waals surface area contributed by atoms with Crippen molar-refractivity contribution < 1.29 is 28.6 Å². The van der Waals surface area contributed by atoms with Crippen molar-refractivity contribution in [3.63, 3.8) is 0 Å². The molecule has 0 aromatic rings. The van der Waals surface area contributed by atoms with Crippen molar-refractivity contribution in [1.82, 2.24) is 0 Å². The molecule has 0 fully saturated rings. The highest BCUT2D eigenvalue weighted by molar-refractivity contribution is 5.71. The zero-order valence-electron chi connectivity index (χ0n) is 40.2. The predicted octanol–water partition coefficient (Wildman–Crippen LogP) is 16.9. The fourth-order valence-corrected chi connectivity index (χ4v) is 7.13. The first kappa shape index (κ1) is 58.1. The molecule has 0 N–H and O–H groups in total. The van der Waals surface area contributed by atoms with E-state index in [2.05, 4.69) is 81.5 Å². The molecule has 0 aliphatic carbocycles. The Balaban J connectivity index is 4.32. The molecule has 0 saturated carbocycles. The largest absolute Gasteiger partial charge is 0.462 e. The van der Waals surface area contributed by atoms with Crippen LogP contribution in [0.15, 0.2) is 60.8 Å². The Morgan fingerprint density at radius 3 is 1.03 bits per heavy atom. The third kappa shape index (κ3) is 48.0. The maximum atomic E-state index is 12.8. The second-order valence-corrected chi connectivity index (χ2v) is 17.1. The molecule has 6 nitrogen and oxygen atoms in total. The van der Waals surface area contributed by atoms with Crippen LogP contribution in [0.3, 0.4) is 0 Å². The van der Waals surface area contributed by atoms with Gasteiger partial charge in [0.25, 0.3) is 0 Å². The van der Waals surface area contributed by atoms with Crippen molar-refractivity contribution in [2.24, 2.45) is 0 Å². The number of carbonyl (C=O) groups is 3. The molecule has 0 radical (unpaired) electrons. The Kier molecular flexibility index (Phi) is 47.4. The third-order valence-electron chi connectivity index (χ3n) is 11.0. The molecular formula is C55H96O6. The molecule has 352 valence electrons. The summed E-state index contributed by atoms with van der Waals surface area (Å²) in [7, 11) is 0. The van der Waals surface area contributed by atoms with Gasteiger partial charge in [0.15, 0.2) is 6.10 Å². The number of allylic oxidation sites excluding steroid dienone is 10. The Morgan fingerprint density at radius 1 is 0.344 bits per heavy atom. The molecule has 0 bridgehead atoms. The molecule has 0 aliphatic heterocycles. The molecule has 61 heavy (non-hydrogen) atoms. The standard InChI is InChI=1S/C55H96O6/c1-4-7-10-13-16-19-21-23-25-26-27-28-30-31-33-36-39-42-45-48-54(57)60-51-52(50-59-53(56)47-44-41-38-35-18-15-12-9-6-3)61-55(58)49-46-43-40-37-34-32-29-24-22-20-17-14-11-8-5-2/h8,11,16-17,19-20,23-25,29,52H,4-7,9-10,12-15,18,21-22,26-28,30-51H2,1-3H3/b11-8-,19-16-,20-17-,25-23-,29-24-. The number of rotatable bonds is 46. The van der Waals surface area contributed by atoms with Gasteiger partial charge < -0.3 is 14.2 Å². The van der Waals surface area contributed by atoms with Crippen LogP contribution in [-0.2, 0) is 28.6 Å². The smallest absolute Gasteiger partial charge is 0.306 e. The summed E-state index contributed by atoms with van der Waals surface area (Å²) in [6.07, 6.45) is 60.6. The van der Waals surface area contributed by atoms with Gasteiger partial charge in [-0.2, -0.15) is 0 Å². The summed E-state index contributed by atoms with van der Waals surface area (Å²) in [5.41, 5.74) is 0. The number of ether oxygens (including phenoxy) is 3. The van der Waals surface area contributed by atoms with E-state index < -0.39 is 6.10 Å². The van der Waals surface area contributed by atoms with E-state index in [9.17, 15) is 14.4 Å². The van der Waals surface area contributed by atoms with Crippen molar-refractivity contribution >= 4 is 17.9 Å². The molecule has 1 unspecified atom stereocenters. The second-order valence-electron chi connectivity index (χ2n) is 17.1. The molecule has 6 heteroatoms. The number of carbonyl (C=O) groups excluding carboxylic acids is 3. The molecule has 0 aromatic heterocycles. The van der Waals surface area contributed by atoms with Gasteiger partial charge in [0.2, 0.25) is 0 Å². The Morgan fingerprint density at radius 2 is 0.639 bits per heavy atom. The normalized spacial score (nSPS) is 12.5. The van der Waals surface area contributed by atoms with Gasteiger partial charge in [-0.15, -0.1) is 0 Å². The Bertz CT molecular complexity index is 1120. The van der Waals surface area contributed by atoms with Gasteiger partial charge in [0.1, 0.15) is 13.2 Å². The summed E-state index contributed by atoms with van der Waals surface area (Å²) >= 11 is 0. The minimum atomic E-state index is -0.781. The topological polar surface area (TPSA) is 78.9 Å². The van der Waals surface area contributed by atoms with Crippen molar-refractivity contribution in [1.29, 1.82) is 0 Å². The maximum absolute atomic E-state index is 12.8. The lowest BCUT2D eigenvalue weighted by Gasteiger charge is -2.18. The zero-order chi connectivity index (χ0) is 44.4. The number of hydrogen-bond acceptors (Lipinski definition) is 6. The Hall–Kier alpha value is -2.89. The number of esters is 3. The molecule has 1 atom stereocenters. The molecule has 0 rings (SSSR count). The van der Waals surface area contributed by atoms with Gasteiger partial charge in [-0.25, -0.2) is 0 Å². The third-order valence-corrected chi connectivity index (χ3v) is 11.0. The lowest BCUT2D eigenvalue weighted by atomic mass is 10.1. The average Bonchev–Trinajstić information content (AvgIpc) is 3.26. The molecule has 0 spiro atoms. The quantitative estimate of drug-likeness (QED) is 0.0263. The van der Waals surface area contributed by atoms with E-state index in [1.54, 1.807) is 0 Å². The van der Waals surface area contributed by atoms with Crippen LogP contribution >= 0.6 is 0 Å². The van der Waals surface area contributed by atoms with Gasteiger partial charge in [-0.3, -0.25) is 14.4 Å². The minimum absolute atomic E-state index is 0.0813. The number of hydrogen-bond donors (Lipinski definition) is 0. The first-order chi connectivity index (χ1) is 30.0. The monoisotopic (exact) mass is 853 g/mol. The van der Waals surface area contributed by atoms with Crippen LogP contribution in [0.5, 0.6) is 0 Å². The van der Waals surface area contributed by atoms with Crippen molar-refractivity contribution in [2.45, 2.75) is 258 Å². The minimum Gasteiger partial charge on any atom is -0.462 e. The second kappa shape index (κ2) is 49.8.